The van der Waals surface area contributed by atoms with Crippen LogP contribution in [-0.4, -0.2) is 117 Å². The van der Waals surface area contributed by atoms with Gasteiger partial charge in [0.05, 0.1) is 19.6 Å². The van der Waals surface area contributed by atoms with Gasteiger partial charge in [0.1, 0.15) is 19.8 Å². The second-order valence-corrected chi connectivity index (χ2v) is 11.1. The largest absolute Gasteiger partial charge is 0.382 e. The molecular formula is C41H66Cl4N18O4. The van der Waals surface area contributed by atoms with Crippen LogP contribution in [-0.2, 0) is 19.2 Å². The first kappa shape index (κ1) is 72.4. The van der Waals surface area contributed by atoms with Crippen LogP contribution in [0, 0.1) is 74.1 Å². The number of nitrogens with one attached hydrogen (secondary N) is 8. The Labute approximate surface area is 420 Å². The van der Waals surface area contributed by atoms with E-state index in [-0.39, 0.29) is 81.6 Å². The molecule has 372 valence electrons. The van der Waals surface area contributed by atoms with Gasteiger partial charge in [-0.05, 0) is 44.7 Å². The van der Waals surface area contributed by atoms with Gasteiger partial charge in [0, 0.05) is 32.8 Å². The molecule has 0 spiro atoms. The zero-order valence-corrected chi connectivity index (χ0v) is 40.9. The molecule has 0 aliphatic rings. The molecule has 10 N–H and O–H groups in total. The molecule has 3 aromatic heterocycles. The molecule has 0 unspecified atom stereocenters. The zero-order valence-electron chi connectivity index (χ0n) is 37.7. The summed E-state index contributed by atoms with van der Waals surface area (Å²) in [5.41, 5.74) is 5.09. The number of halogens is 4. The van der Waals surface area contributed by atoms with Gasteiger partial charge < -0.3 is 36.6 Å². The third-order valence-corrected chi connectivity index (χ3v) is 5.91. The normalized spacial score (nSPS) is 8.43. The minimum Gasteiger partial charge on any atom is -0.382 e. The average molecular weight is 1020 g/mol. The van der Waals surface area contributed by atoms with E-state index in [0.717, 1.165) is 52.1 Å². The summed E-state index contributed by atoms with van der Waals surface area (Å²) < 4.78 is 4.83. The highest BCUT2D eigenvalue weighted by Crippen LogP contribution is 2.11. The standard InChI is InChI=1S/2C12H16N6O.C9H12ClN5.C4H10O.C3H5NO.CH4.3ClH/c2*1-4-7-13-10-15-11(14-8-5-2)17-12(16-10)18-19-9-6-3;1-3-5-11-8-13-7(10)14-9(15-8)12-6-4-2;1-3-5-4-2;1-2-3-5-4;;;;/h2*1,3H,5,7-9H2,2H3,(H3,13,14,15,16,17,18);1H,4-6H2,2H3,(H2,11,12,13,14,15);3-4H2,1-2H3;1H,3-4H2;1H4;3*1H. The number of ether oxygens (including phenoxy) is 1. The first-order valence-corrected chi connectivity index (χ1v) is 19.7. The van der Waals surface area contributed by atoms with E-state index >= 15 is 0 Å². The molecule has 0 saturated heterocycles. The maximum atomic E-state index is 5.71. The Morgan fingerprint density at radius 2 is 0.731 bits per heavy atom. The fourth-order valence-electron chi connectivity index (χ4n) is 3.31. The van der Waals surface area contributed by atoms with Crippen molar-refractivity contribution in [1.29, 1.82) is 0 Å². The van der Waals surface area contributed by atoms with Gasteiger partial charge in [-0.3, -0.25) is 14.5 Å². The molecule has 67 heavy (non-hydrogen) atoms. The molecule has 3 rings (SSSR count). The number of nitrogens with two attached hydrogens (primary N) is 1. The average Bonchev–Trinajstić information content (AvgIpc) is 3.29. The first-order chi connectivity index (χ1) is 30.7. The van der Waals surface area contributed by atoms with E-state index in [1.807, 2.05) is 34.6 Å². The number of hydrogen-bond donors (Lipinski definition) is 9. The number of terminal acetylenes is 6. The van der Waals surface area contributed by atoms with E-state index in [9.17, 15) is 0 Å². The van der Waals surface area contributed by atoms with Crippen molar-refractivity contribution in [3.63, 3.8) is 0 Å². The first-order valence-electron chi connectivity index (χ1n) is 19.3. The highest BCUT2D eigenvalue weighted by molar-refractivity contribution is 6.28. The van der Waals surface area contributed by atoms with Gasteiger partial charge in [0.25, 0.3) is 11.9 Å². The minimum atomic E-state index is 0. The topological polar surface area (TPSA) is 275 Å². The summed E-state index contributed by atoms with van der Waals surface area (Å²) in [6.07, 6.45) is 33.2. The summed E-state index contributed by atoms with van der Waals surface area (Å²) >= 11 is 5.71. The van der Waals surface area contributed by atoms with Crippen LogP contribution in [0.25, 0.3) is 0 Å². The lowest BCUT2D eigenvalue weighted by molar-refractivity contribution is 0.162. The smallest absolute Gasteiger partial charge is 0.253 e. The number of hydrogen-bond acceptors (Lipinski definition) is 22. The molecule has 22 nitrogen and oxygen atoms in total. The lowest BCUT2D eigenvalue weighted by atomic mass is 10.5. The van der Waals surface area contributed by atoms with Crippen LogP contribution in [0.1, 0.15) is 61.3 Å². The van der Waals surface area contributed by atoms with Crippen molar-refractivity contribution in [2.75, 3.05) is 115 Å². The molecule has 3 heterocycles. The molecule has 0 aromatic carbocycles. The van der Waals surface area contributed by atoms with Crippen molar-refractivity contribution in [2.24, 2.45) is 5.90 Å². The number of anilines is 8. The fourth-order valence-corrected chi connectivity index (χ4v) is 3.47. The third kappa shape index (κ3) is 43.4. The van der Waals surface area contributed by atoms with E-state index in [2.05, 4.69) is 140 Å². The van der Waals surface area contributed by atoms with Gasteiger partial charge in [0.15, 0.2) is 0 Å². The molecule has 0 atom stereocenters. The Morgan fingerprint density at radius 3 is 0.970 bits per heavy atom. The van der Waals surface area contributed by atoms with E-state index in [0.29, 0.717) is 55.3 Å². The number of rotatable bonds is 24. The summed E-state index contributed by atoms with van der Waals surface area (Å²) in [5.74, 6) is 21.5. The van der Waals surface area contributed by atoms with Crippen molar-refractivity contribution in [3.05, 3.63) is 5.28 Å². The predicted molar refractivity (Wildman–Crippen MR) is 279 cm³/mol. The van der Waals surface area contributed by atoms with Crippen LogP contribution >= 0.6 is 48.8 Å². The maximum Gasteiger partial charge on any atom is 0.253 e. The highest BCUT2D eigenvalue weighted by Gasteiger charge is 2.07. The van der Waals surface area contributed by atoms with E-state index in [1.165, 1.54) is 0 Å². The summed E-state index contributed by atoms with van der Waals surface area (Å²) in [7, 11) is 0. The number of aromatic nitrogens is 9. The Balaban J connectivity index is -0.000000184. The molecule has 0 bridgehead atoms. The molecular weight excluding hydrogens is 950 g/mol. The molecule has 0 amide bonds. The maximum absolute atomic E-state index is 5.71. The van der Waals surface area contributed by atoms with Crippen molar-refractivity contribution in [3.8, 4) is 74.1 Å². The van der Waals surface area contributed by atoms with Gasteiger partial charge >= 0.3 is 0 Å². The van der Waals surface area contributed by atoms with Crippen molar-refractivity contribution >= 4 is 96.4 Å². The third-order valence-electron chi connectivity index (χ3n) is 5.74. The Kier molecular flexibility index (Phi) is 58.4. The van der Waals surface area contributed by atoms with E-state index in [1.54, 1.807) is 0 Å². The minimum absolute atomic E-state index is 0. The molecule has 0 aliphatic heterocycles. The van der Waals surface area contributed by atoms with Gasteiger partial charge in [-0.15, -0.1) is 75.8 Å². The molecule has 3 aromatic rings. The summed E-state index contributed by atoms with van der Waals surface area (Å²) in [4.78, 5) is 50.5. The second kappa shape index (κ2) is 54.1. The van der Waals surface area contributed by atoms with E-state index < -0.39 is 0 Å². The van der Waals surface area contributed by atoms with Crippen molar-refractivity contribution < 1.29 is 19.2 Å². The van der Waals surface area contributed by atoms with Crippen molar-refractivity contribution in [2.45, 2.75) is 61.3 Å². The van der Waals surface area contributed by atoms with Gasteiger partial charge in [-0.25, -0.2) is 16.9 Å². The zero-order chi connectivity index (χ0) is 47.2. The second-order valence-electron chi connectivity index (χ2n) is 10.8. The summed E-state index contributed by atoms with van der Waals surface area (Å²) in [6.45, 7) is 15.5. The lowest BCUT2D eigenvalue weighted by Crippen LogP contribution is -2.13. The summed E-state index contributed by atoms with van der Waals surface area (Å²) in [5, 5.41) is 17.8. The molecule has 0 saturated carbocycles. The highest BCUT2D eigenvalue weighted by atomic mass is 35.5. The van der Waals surface area contributed by atoms with Crippen LogP contribution < -0.4 is 48.8 Å². The lowest BCUT2D eigenvalue weighted by Gasteiger charge is -2.09. The van der Waals surface area contributed by atoms with Gasteiger partial charge in [-0.2, -0.15) is 44.9 Å². The quantitative estimate of drug-likeness (QED) is 0.0314. The molecule has 0 aliphatic carbocycles. The van der Waals surface area contributed by atoms with Crippen LogP contribution in [0.3, 0.4) is 0 Å². The van der Waals surface area contributed by atoms with Gasteiger partial charge in [-0.1, -0.05) is 63.7 Å². The van der Waals surface area contributed by atoms with Crippen molar-refractivity contribution in [1.82, 2.24) is 44.9 Å². The van der Waals surface area contributed by atoms with Crippen LogP contribution in [0.5, 0.6) is 0 Å². The van der Waals surface area contributed by atoms with Crippen LogP contribution in [0.4, 0.5) is 47.6 Å². The molecule has 0 radical (unpaired) electrons. The molecule has 0 fully saturated rings. The van der Waals surface area contributed by atoms with Gasteiger partial charge in [0.2, 0.25) is 41.0 Å². The van der Waals surface area contributed by atoms with Crippen LogP contribution in [0.15, 0.2) is 0 Å². The molecule has 26 heteroatoms. The number of nitrogens with zero attached hydrogens (tertiary/aromatic N) is 9. The predicted octanol–water partition coefficient (Wildman–Crippen LogP) is 5.28. The Hall–Kier alpha value is -6.25. The SMILES string of the molecule is C.C#CCNc1nc(Cl)nc(NCCC)n1.C#CCNc1nc(NCCC)nc(NOCC#C)n1.C#CCNc1nc(NCCC)nc(NOCC#C)n1.C#CCON.CCOCC.Cl.Cl.Cl. The Bertz CT molecular complexity index is 1830. The summed E-state index contributed by atoms with van der Waals surface area (Å²) in [6, 6.07) is 0. The van der Waals surface area contributed by atoms with E-state index in [4.69, 9.17) is 58.1 Å². The van der Waals surface area contributed by atoms with Crippen LogP contribution in [0.2, 0.25) is 5.28 Å². The monoisotopic (exact) mass is 1010 g/mol. The fraction of sp³-hybridized carbons (Fsp3) is 0.488. The Morgan fingerprint density at radius 1 is 0.448 bits per heavy atom.